The summed E-state index contributed by atoms with van der Waals surface area (Å²) in [5.74, 6) is 0.992. The maximum Gasteiger partial charge on any atom is 0.119 e. The van der Waals surface area contributed by atoms with Crippen LogP contribution >= 0.6 is 0 Å². The fraction of sp³-hybridized carbons (Fsp3) is 0.684. The van der Waals surface area contributed by atoms with Gasteiger partial charge in [0, 0.05) is 39.3 Å². The molecule has 0 aliphatic carbocycles. The molecule has 0 amide bonds. The molecule has 1 aromatic carbocycles. The predicted octanol–water partition coefficient (Wildman–Crippen LogP) is 2.54. The summed E-state index contributed by atoms with van der Waals surface area (Å²) in [4.78, 5) is 7.36. The van der Waals surface area contributed by atoms with Crippen LogP contribution in [0.5, 0.6) is 5.75 Å². The van der Waals surface area contributed by atoms with Gasteiger partial charge in [-0.3, -0.25) is 4.90 Å². The van der Waals surface area contributed by atoms with Crippen molar-refractivity contribution >= 4 is 0 Å². The van der Waals surface area contributed by atoms with Gasteiger partial charge in [0.25, 0.3) is 0 Å². The van der Waals surface area contributed by atoms with Crippen molar-refractivity contribution in [1.82, 2.24) is 14.7 Å². The van der Waals surface area contributed by atoms with Crippen LogP contribution in [0.3, 0.4) is 0 Å². The minimum absolute atomic E-state index is 0.800. The smallest absolute Gasteiger partial charge is 0.119 e. The summed E-state index contributed by atoms with van der Waals surface area (Å²) in [6, 6.07) is 8.64. The molecule has 0 N–H and O–H groups in total. The summed E-state index contributed by atoms with van der Waals surface area (Å²) in [7, 11) is 2.20. The first-order valence-electron chi connectivity index (χ1n) is 9.06. The van der Waals surface area contributed by atoms with Crippen molar-refractivity contribution < 1.29 is 4.74 Å². The van der Waals surface area contributed by atoms with E-state index in [0.717, 1.165) is 45.0 Å². The third-order valence-corrected chi connectivity index (χ3v) is 4.71. The summed E-state index contributed by atoms with van der Waals surface area (Å²) < 4.78 is 5.86. The van der Waals surface area contributed by atoms with E-state index in [9.17, 15) is 0 Å². The molecule has 0 bridgehead atoms. The quantitative estimate of drug-likeness (QED) is 0.651. The Labute approximate surface area is 142 Å². The Morgan fingerprint density at radius 2 is 1.65 bits per heavy atom. The number of hydrogen-bond acceptors (Lipinski definition) is 4. The lowest BCUT2D eigenvalue weighted by atomic mass is 10.2. The summed E-state index contributed by atoms with van der Waals surface area (Å²) in [5.41, 5.74) is 1.38. The average Bonchev–Trinajstić information content (AvgIpc) is 2.58. The van der Waals surface area contributed by atoms with Crippen LogP contribution in [0, 0.1) is 0 Å². The molecule has 4 nitrogen and oxygen atoms in total. The van der Waals surface area contributed by atoms with Crippen LogP contribution < -0.4 is 4.74 Å². The fourth-order valence-electron chi connectivity index (χ4n) is 2.97. The number of benzene rings is 1. The largest absolute Gasteiger partial charge is 0.494 e. The molecule has 1 aliphatic heterocycles. The number of likely N-dealkylation sites (N-methyl/N-ethyl adjacent to an activating group) is 1. The van der Waals surface area contributed by atoms with Crippen molar-refractivity contribution in [2.24, 2.45) is 0 Å². The van der Waals surface area contributed by atoms with Crippen LogP contribution in [0.2, 0.25) is 0 Å². The van der Waals surface area contributed by atoms with E-state index in [0.29, 0.717) is 0 Å². The van der Waals surface area contributed by atoms with E-state index >= 15 is 0 Å². The highest BCUT2D eigenvalue weighted by Gasteiger charge is 2.13. The topological polar surface area (TPSA) is 19.0 Å². The van der Waals surface area contributed by atoms with Crippen LogP contribution in [-0.2, 0) is 6.54 Å². The third kappa shape index (κ3) is 6.50. The highest BCUT2D eigenvalue weighted by Crippen LogP contribution is 2.14. The monoisotopic (exact) mass is 319 g/mol. The predicted molar refractivity (Wildman–Crippen MR) is 97.1 cm³/mol. The summed E-state index contributed by atoms with van der Waals surface area (Å²) in [6.07, 6.45) is 1.09. The number of hydrogen-bond donors (Lipinski definition) is 0. The first-order valence-corrected chi connectivity index (χ1v) is 9.06. The van der Waals surface area contributed by atoms with E-state index in [1.54, 1.807) is 0 Å². The molecule has 0 saturated carbocycles. The lowest BCUT2D eigenvalue weighted by molar-refractivity contribution is 0.148. The Bertz CT molecular complexity index is 423. The number of rotatable bonds is 9. The molecule has 0 radical (unpaired) electrons. The number of piperazine rings is 1. The molecule has 2 rings (SSSR count). The molecule has 0 atom stereocenters. The van der Waals surface area contributed by atoms with Crippen molar-refractivity contribution in [3.8, 4) is 5.75 Å². The maximum atomic E-state index is 5.86. The van der Waals surface area contributed by atoms with Crippen LogP contribution in [-0.4, -0.2) is 74.2 Å². The van der Waals surface area contributed by atoms with E-state index in [4.69, 9.17) is 4.74 Å². The van der Waals surface area contributed by atoms with Crippen LogP contribution in [0.25, 0.3) is 0 Å². The summed E-state index contributed by atoms with van der Waals surface area (Å²) in [6.45, 7) is 14.3. The molecule has 130 valence electrons. The van der Waals surface area contributed by atoms with E-state index in [1.807, 2.05) is 0 Å². The van der Waals surface area contributed by atoms with Gasteiger partial charge in [-0.25, -0.2) is 0 Å². The lowest BCUT2D eigenvalue weighted by Gasteiger charge is -2.32. The van der Waals surface area contributed by atoms with Gasteiger partial charge in [-0.2, -0.15) is 0 Å². The fourth-order valence-corrected chi connectivity index (χ4v) is 2.97. The maximum absolute atomic E-state index is 5.86. The first kappa shape index (κ1) is 18.2. The van der Waals surface area contributed by atoms with Crippen molar-refractivity contribution in [2.45, 2.75) is 26.8 Å². The van der Waals surface area contributed by atoms with Crippen LogP contribution in [0.4, 0.5) is 0 Å². The normalized spacial score (nSPS) is 16.9. The second-order valence-electron chi connectivity index (χ2n) is 6.45. The minimum Gasteiger partial charge on any atom is -0.494 e. The van der Waals surface area contributed by atoms with Crippen molar-refractivity contribution in [2.75, 3.05) is 59.5 Å². The zero-order valence-electron chi connectivity index (χ0n) is 15.1. The Morgan fingerprint density at radius 3 is 2.26 bits per heavy atom. The Morgan fingerprint density at radius 1 is 1.00 bits per heavy atom. The van der Waals surface area contributed by atoms with Gasteiger partial charge in [0.2, 0.25) is 0 Å². The van der Waals surface area contributed by atoms with Crippen molar-refractivity contribution in [3.63, 3.8) is 0 Å². The third-order valence-electron chi connectivity index (χ3n) is 4.71. The van der Waals surface area contributed by atoms with E-state index in [-0.39, 0.29) is 0 Å². The Hall–Kier alpha value is -1.10. The molecule has 1 fully saturated rings. The van der Waals surface area contributed by atoms with Gasteiger partial charge >= 0.3 is 0 Å². The van der Waals surface area contributed by atoms with Gasteiger partial charge in [0.1, 0.15) is 5.75 Å². The SMILES string of the molecule is CCN(CC)CCCOc1ccc(CN2CCN(C)CC2)cc1. The van der Waals surface area contributed by atoms with E-state index < -0.39 is 0 Å². The van der Waals surface area contributed by atoms with Crippen molar-refractivity contribution in [1.29, 1.82) is 0 Å². The standard InChI is InChI=1S/C19H33N3O/c1-4-21(5-2)11-6-16-23-19-9-7-18(8-10-19)17-22-14-12-20(3)13-15-22/h7-10H,4-6,11-17H2,1-3H3. The zero-order valence-corrected chi connectivity index (χ0v) is 15.1. The second-order valence-corrected chi connectivity index (χ2v) is 6.45. The van der Waals surface area contributed by atoms with E-state index in [2.05, 4.69) is 59.9 Å². The number of ether oxygens (including phenoxy) is 1. The van der Waals surface area contributed by atoms with Gasteiger partial charge in [0.05, 0.1) is 6.61 Å². The van der Waals surface area contributed by atoms with Gasteiger partial charge in [-0.15, -0.1) is 0 Å². The number of nitrogens with zero attached hydrogens (tertiary/aromatic N) is 3. The summed E-state index contributed by atoms with van der Waals surface area (Å²) >= 11 is 0. The van der Waals surface area contributed by atoms with Gasteiger partial charge < -0.3 is 14.5 Å². The molecule has 0 unspecified atom stereocenters. The Kier molecular flexibility index (Phi) is 7.86. The molecular formula is C19H33N3O. The highest BCUT2D eigenvalue weighted by atomic mass is 16.5. The van der Waals surface area contributed by atoms with Gasteiger partial charge in [-0.05, 0) is 44.3 Å². The lowest BCUT2D eigenvalue weighted by Crippen LogP contribution is -2.43. The van der Waals surface area contributed by atoms with Gasteiger partial charge in [0.15, 0.2) is 0 Å². The van der Waals surface area contributed by atoms with Crippen LogP contribution in [0.15, 0.2) is 24.3 Å². The molecule has 1 aromatic rings. The summed E-state index contributed by atoms with van der Waals surface area (Å²) in [5, 5.41) is 0. The highest BCUT2D eigenvalue weighted by molar-refractivity contribution is 5.27. The zero-order chi connectivity index (χ0) is 16.5. The second kappa shape index (κ2) is 9.91. The first-order chi connectivity index (χ1) is 11.2. The molecule has 0 aromatic heterocycles. The van der Waals surface area contributed by atoms with Gasteiger partial charge in [-0.1, -0.05) is 26.0 Å². The molecule has 1 aliphatic rings. The molecule has 1 heterocycles. The molecular weight excluding hydrogens is 286 g/mol. The molecule has 23 heavy (non-hydrogen) atoms. The molecule has 0 spiro atoms. The Balaban J connectivity index is 1.68. The van der Waals surface area contributed by atoms with Crippen molar-refractivity contribution in [3.05, 3.63) is 29.8 Å². The van der Waals surface area contributed by atoms with E-state index in [1.165, 1.54) is 31.7 Å². The average molecular weight is 319 g/mol. The van der Waals surface area contributed by atoms with Crippen LogP contribution in [0.1, 0.15) is 25.8 Å². The minimum atomic E-state index is 0.800. The molecule has 4 heteroatoms. The molecule has 1 saturated heterocycles.